The van der Waals surface area contributed by atoms with Crippen molar-refractivity contribution in [2.24, 2.45) is 0 Å². The van der Waals surface area contributed by atoms with Crippen molar-refractivity contribution in [3.05, 3.63) is 48.0 Å². The molecule has 0 aliphatic carbocycles. The molecule has 2 aromatic rings. The average molecular weight is 299 g/mol. The molecule has 1 heterocycles. The lowest BCUT2D eigenvalue weighted by molar-refractivity contribution is 0.0565. The molecular formula is C19H25NO2. The monoisotopic (exact) mass is 299 g/mol. The van der Waals surface area contributed by atoms with Crippen LogP contribution in [0.25, 0.3) is 10.8 Å². The van der Waals surface area contributed by atoms with Crippen molar-refractivity contribution in [1.29, 1.82) is 0 Å². The molecule has 3 rings (SSSR count). The first kappa shape index (κ1) is 15.5. The maximum absolute atomic E-state index is 10.6. The molecule has 1 aliphatic heterocycles. The fourth-order valence-electron chi connectivity index (χ4n) is 3.52. The van der Waals surface area contributed by atoms with Crippen LogP contribution in [-0.2, 0) is 0 Å². The van der Waals surface area contributed by atoms with Gasteiger partial charge in [0.25, 0.3) is 0 Å². The highest BCUT2D eigenvalue weighted by atomic mass is 16.3. The van der Waals surface area contributed by atoms with Gasteiger partial charge < -0.3 is 10.2 Å². The van der Waals surface area contributed by atoms with Crippen LogP contribution >= 0.6 is 0 Å². The average Bonchev–Trinajstić information content (AvgIpc) is 2.56. The second kappa shape index (κ2) is 7.23. The van der Waals surface area contributed by atoms with Crippen LogP contribution in [0.2, 0.25) is 0 Å². The number of β-amino-alcohol motifs (C(OH)–C–C–N with tert-alkyl or cyclic N) is 1. The molecule has 0 amide bonds. The van der Waals surface area contributed by atoms with Gasteiger partial charge in [0.05, 0.1) is 6.10 Å². The lowest BCUT2D eigenvalue weighted by Crippen LogP contribution is -2.42. The zero-order valence-corrected chi connectivity index (χ0v) is 13.0. The Bertz CT molecular complexity index is 611. The third-order valence-electron chi connectivity index (χ3n) is 4.78. The molecule has 0 aromatic heterocycles. The summed E-state index contributed by atoms with van der Waals surface area (Å²) in [4.78, 5) is 2.35. The van der Waals surface area contributed by atoms with Crippen LogP contribution in [-0.4, -0.2) is 40.9 Å². The summed E-state index contributed by atoms with van der Waals surface area (Å²) in [5.74, 6) is 0. The summed E-state index contributed by atoms with van der Waals surface area (Å²) in [5.41, 5.74) is 0.979. The topological polar surface area (TPSA) is 43.7 Å². The Morgan fingerprint density at radius 1 is 1.09 bits per heavy atom. The summed E-state index contributed by atoms with van der Waals surface area (Å²) in [6, 6.07) is 14.8. The van der Waals surface area contributed by atoms with Gasteiger partial charge in [-0.05, 0) is 48.2 Å². The van der Waals surface area contributed by atoms with Crippen molar-refractivity contribution in [2.45, 2.75) is 37.8 Å². The molecule has 1 aliphatic rings. The van der Waals surface area contributed by atoms with Crippen molar-refractivity contribution < 1.29 is 10.2 Å². The fraction of sp³-hybridized carbons (Fsp3) is 0.474. The fourth-order valence-corrected chi connectivity index (χ4v) is 3.52. The maximum Gasteiger partial charge on any atom is 0.0917 e. The molecule has 118 valence electrons. The van der Waals surface area contributed by atoms with Gasteiger partial charge in [-0.2, -0.15) is 0 Å². The van der Waals surface area contributed by atoms with Crippen LogP contribution in [0.15, 0.2) is 42.5 Å². The second-order valence-electron chi connectivity index (χ2n) is 6.28. The van der Waals surface area contributed by atoms with Crippen LogP contribution in [0, 0.1) is 0 Å². The van der Waals surface area contributed by atoms with E-state index < -0.39 is 6.10 Å². The van der Waals surface area contributed by atoms with Crippen molar-refractivity contribution in [3.8, 4) is 0 Å². The molecule has 0 saturated carbocycles. The number of likely N-dealkylation sites (tertiary alicyclic amines) is 1. The van der Waals surface area contributed by atoms with Crippen molar-refractivity contribution in [3.63, 3.8) is 0 Å². The third kappa shape index (κ3) is 3.49. The highest BCUT2D eigenvalue weighted by Gasteiger charge is 2.24. The Morgan fingerprint density at radius 2 is 1.91 bits per heavy atom. The number of aliphatic hydroxyl groups excluding tert-OH is 2. The first-order chi connectivity index (χ1) is 10.8. The number of rotatable bonds is 5. The smallest absolute Gasteiger partial charge is 0.0917 e. The number of hydrogen-bond donors (Lipinski definition) is 2. The van der Waals surface area contributed by atoms with E-state index >= 15 is 0 Å². The van der Waals surface area contributed by atoms with E-state index in [0.717, 1.165) is 24.9 Å². The highest BCUT2D eigenvalue weighted by Crippen LogP contribution is 2.25. The van der Waals surface area contributed by atoms with E-state index in [4.69, 9.17) is 0 Å². The molecule has 22 heavy (non-hydrogen) atoms. The number of fused-ring (bicyclic) bond motifs is 1. The maximum atomic E-state index is 10.6. The van der Waals surface area contributed by atoms with Gasteiger partial charge in [0.1, 0.15) is 0 Å². The van der Waals surface area contributed by atoms with Crippen molar-refractivity contribution in [1.82, 2.24) is 4.90 Å². The molecule has 2 atom stereocenters. The standard InChI is InChI=1S/C19H25NO2/c21-12-10-18-7-3-4-11-20(18)14-19(22)17-9-8-15-5-1-2-6-16(15)13-17/h1-2,5-6,8-9,13,18-19,21-22H,3-4,7,10-12,14H2. The Morgan fingerprint density at radius 3 is 2.73 bits per heavy atom. The molecule has 3 heteroatoms. The number of aliphatic hydroxyl groups is 2. The number of piperidine rings is 1. The minimum absolute atomic E-state index is 0.229. The number of hydrogen-bond acceptors (Lipinski definition) is 3. The van der Waals surface area contributed by atoms with E-state index in [0.29, 0.717) is 12.6 Å². The van der Waals surface area contributed by atoms with Gasteiger partial charge in [-0.15, -0.1) is 0 Å². The molecule has 1 fully saturated rings. The molecule has 0 radical (unpaired) electrons. The quantitative estimate of drug-likeness (QED) is 0.891. The molecule has 2 N–H and O–H groups in total. The zero-order chi connectivity index (χ0) is 15.4. The first-order valence-corrected chi connectivity index (χ1v) is 8.29. The largest absolute Gasteiger partial charge is 0.396 e. The van der Waals surface area contributed by atoms with Gasteiger partial charge in [0, 0.05) is 19.2 Å². The summed E-state index contributed by atoms with van der Waals surface area (Å²) in [7, 11) is 0. The van der Waals surface area contributed by atoms with Crippen LogP contribution in [0.4, 0.5) is 0 Å². The van der Waals surface area contributed by atoms with E-state index in [9.17, 15) is 10.2 Å². The lowest BCUT2D eigenvalue weighted by atomic mass is 9.97. The van der Waals surface area contributed by atoms with Crippen LogP contribution in [0.5, 0.6) is 0 Å². The van der Waals surface area contributed by atoms with Gasteiger partial charge in [-0.3, -0.25) is 4.90 Å². The summed E-state index contributed by atoms with van der Waals surface area (Å²) in [6.45, 7) is 1.91. The van der Waals surface area contributed by atoms with Crippen molar-refractivity contribution in [2.75, 3.05) is 19.7 Å². The predicted octanol–water partition coefficient (Wildman–Crippen LogP) is 3.11. The highest BCUT2D eigenvalue weighted by molar-refractivity contribution is 5.83. The molecule has 1 saturated heterocycles. The Labute approximate surface area is 132 Å². The van der Waals surface area contributed by atoms with Crippen LogP contribution < -0.4 is 0 Å². The molecule has 0 spiro atoms. The molecule has 2 unspecified atom stereocenters. The molecule has 3 nitrogen and oxygen atoms in total. The van der Waals surface area contributed by atoms with E-state index in [1.54, 1.807) is 0 Å². The lowest BCUT2D eigenvalue weighted by Gasteiger charge is -2.36. The summed E-state index contributed by atoms with van der Waals surface area (Å²) >= 11 is 0. The Hall–Kier alpha value is -1.42. The van der Waals surface area contributed by atoms with E-state index in [1.165, 1.54) is 23.6 Å². The molecule has 0 bridgehead atoms. The first-order valence-electron chi connectivity index (χ1n) is 8.29. The minimum atomic E-state index is -0.469. The zero-order valence-electron chi connectivity index (χ0n) is 13.0. The van der Waals surface area contributed by atoms with Gasteiger partial charge in [0.15, 0.2) is 0 Å². The van der Waals surface area contributed by atoms with Crippen LogP contribution in [0.3, 0.4) is 0 Å². The Kier molecular flexibility index (Phi) is 5.08. The SMILES string of the molecule is OCCC1CCCCN1CC(O)c1ccc2ccccc2c1. The number of nitrogens with zero attached hydrogens (tertiary/aromatic N) is 1. The third-order valence-corrected chi connectivity index (χ3v) is 4.78. The van der Waals surface area contributed by atoms with Gasteiger partial charge >= 0.3 is 0 Å². The summed E-state index contributed by atoms with van der Waals surface area (Å²) < 4.78 is 0. The molecule has 2 aromatic carbocycles. The van der Waals surface area contributed by atoms with Gasteiger partial charge in [-0.1, -0.05) is 42.8 Å². The van der Waals surface area contributed by atoms with Crippen LogP contribution in [0.1, 0.15) is 37.4 Å². The second-order valence-corrected chi connectivity index (χ2v) is 6.28. The minimum Gasteiger partial charge on any atom is -0.396 e. The number of benzene rings is 2. The van der Waals surface area contributed by atoms with E-state index in [2.05, 4.69) is 29.2 Å². The van der Waals surface area contributed by atoms with Crippen molar-refractivity contribution >= 4 is 10.8 Å². The van der Waals surface area contributed by atoms with Gasteiger partial charge in [-0.25, -0.2) is 0 Å². The normalized spacial score (nSPS) is 21.1. The summed E-state index contributed by atoms with van der Waals surface area (Å²) in [5, 5.41) is 22.2. The predicted molar refractivity (Wildman–Crippen MR) is 89.8 cm³/mol. The van der Waals surface area contributed by atoms with E-state index in [1.807, 2.05) is 18.2 Å². The molecular weight excluding hydrogens is 274 g/mol. The Balaban J connectivity index is 1.72. The van der Waals surface area contributed by atoms with Gasteiger partial charge in [0.2, 0.25) is 0 Å². The van der Waals surface area contributed by atoms with E-state index in [-0.39, 0.29) is 6.61 Å². The summed E-state index contributed by atoms with van der Waals surface area (Å²) in [6.07, 6.45) is 3.89.